The number of hydrogen-bond donors (Lipinski definition) is 1. The van der Waals surface area contributed by atoms with Crippen LogP contribution in [0.25, 0.3) is 0 Å². The zero-order valence-electron chi connectivity index (χ0n) is 17.3. The maximum absolute atomic E-state index is 13.0. The Morgan fingerprint density at radius 1 is 1.17 bits per heavy atom. The molecule has 3 heterocycles. The van der Waals surface area contributed by atoms with E-state index in [4.69, 9.17) is 0 Å². The fourth-order valence-electron chi connectivity index (χ4n) is 3.74. The van der Waals surface area contributed by atoms with E-state index in [0.717, 1.165) is 6.07 Å². The van der Waals surface area contributed by atoms with Crippen LogP contribution in [0.5, 0.6) is 0 Å². The van der Waals surface area contributed by atoms with Gasteiger partial charge in [0.25, 0.3) is 0 Å². The minimum Gasteiger partial charge on any atom is -0.356 e. The Kier molecular flexibility index (Phi) is 6.10. The summed E-state index contributed by atoms with van der Waals surface area (Å²) < 4.78 is 69.2. The summed E-state index contributed by atoms with van der Waals surface area (Å²) in [7, 11) is -3.75. The standard InChI is InChI=1S/C18H25F3N6O2S/c1-5-27-12(3)17(11(2)24-27)30(28,29)25-14-6-8-26(9-7-14)16-10-15(18(19,20)21)22-13(4)23-16/h10,14,25H,5-9H2,1-4H3. The number of hydrogen-bond acceptors (Lipinski definition) is 6. The topological polar surface area (TPSA) is 93.0 Å². The summed E-state index contributed by atoms with van der Waals surface area (Å²) in [4.78, 5) is 9.49. The van der Waals surface area contributed by atoms with Crippen LogP contribution in [0.2, 0.25) is 0 Å². The number of anilines is 1. The highest BCUT2D eigenvalue weighted by Gasteiger charge is 2.35. The molecular formula is C18H25F3N6O2S. The SMILES string of the molecule is CCn1nc(C)c(S(=O)(=O)NC2CCN(c3cc(C(F)(F)F)nc(C)n3)CC2)c1C. The molecule has 3 rings (SSSR count). The van der Waals surface area contributed by atoms with Crippen molar-refractivity contribution in [2.75, 3.05) is 18.0 Å². The molecule has 1 aliphatic rings. The number of nitrogens with zero attached hydrogens (tertiary/aromatic N) is 5. The monoisotopic (exact) mass is 446 g/mol. The van der Waals surface area contributed by atoms with Crippen molar-refractivity contribution in [2.24, 2.45) is 0 Å². The zero-order chi connectivity index (χ0) is 22.3. The molecule has 1 saturated heterocycles. The van der Waals surface area contributed by atoms with Gasteiger partial charge in [0.2, 0.25) is 10.0 Å². The van der Waals surface area contributed by atoms with Crippen molar-refractivity contribution in [3.8, 4) is 0 Å². The van der Waals surface area contributed by atoms with Crippen molar-refractivity contribution in [3.05, 3.63) is 29.0 Å². The Hall–Kier alpha value is -2.21. The lowest BCUT2D eigenvalue weighted by Crippen LogP contribution is -2.45. The van der Waals surface area contributed by atoms with Crippen LogP contribution in [-0.4, -0.2) is 47.3 Å². The lowest BCUT2D eigenvalue weighted by Gasteiger charge is -2.33. The third-order valence-electron chi connectivity index (χ3n) is 5.14. The lowest BCUT2D eigenvalue weighted by molar-refractivity contribution is -0.141. The van der Waals surface area contributed by atoms with Gasteiger partial charge in [0.1, 0.15) is 22.2 Å². The summed E-state index contributed by atoms with van der Waals surface area (Å²) in [6.45, 7) is 8.01. The van der Waals surface area contributed by atoms with E-state index in [1.165, 1.54) is 6.92 Å². The summed E-state index contributed by atoms with van der Waals surface area (Å²) in [5, 5.41) is 4.26. The quantitative estimate of drug-likeness (QED) is 0.759. The highest BCUT2D eigenvalue weighted by atomic mass is 32.2. The predicted molar refractivity (Wildman–Crippen MR) is 105 cm³/mol. The van der Waals surface area contributed by atoms with Crippen LogP contribution in [0.3, 0.4) is 0 Å². The third kappa shape index (κ3) is 4.59. The van der Waals surface area contributed by atoms with Crippen molar-refractivity contribution in [1.82, 2.24) is 24.5 Å². The fraction of sp³-hybridized carbons (Fsp3) is 0.611. The highest BCUT2D eigenvalue weighted by Crippen LogP contribution is 2.30. The predicted octanol–water partition coefficient (Wildman–Crippen LogP) is 2.58. The van der Waals surface area contributed by atoms with E-state index in [1.807, 2.05) is 6.92 Å². The number of sulfonamides is 1. The van der Waals surface area contributed by atoms with Gasteiger partial charge in [-0.05, 0) is 40.5 Å². The molecule has 12 heteroatoms. The van der Waals surface area contributed by atoms with E-state index in [-0.39, 0.29) is 22.6 Å². The Bertz CT molecular complexity index is 1030. The van der Waals surface area contributed by atoms with E-state index >= 15 is 0 Å². The smallest absolute Gasteiger partial charge is 0.356 e. The van der Waals surface area contributed by atoms with Gasteiger partial charge < -0.3 is 4.90 Å². The van der Waals surface area contributed by atoms with Gasteiger partial charge in [0, 0.05) is 31.7 Å². The second-order valence-electron chi connectivity index (χ2n) is 7.35. The third-order valence-corrected chi connectivity index (χ3v) is 6.91. The number of alkyl halides is 3. The average Bonchev–Trinajstić information content (AvgIpc) is 2.95. The molecule has 0 aliphatic carbocycles. The molecule has 0 saturated carbocycles. The molecule has 0 unspecified atom stereocenters. The molecular weight excluding hydrogens is 421 g/mol. The maximum atomic E-state index is 13.0. The van der Waals surface area contributed by atoms with E-state index < -0.39 is 21.9 Å². The Morgan fingerprint density at radius 2 is 1.80 bits per heavy atom. The number of nitrogens with one attached hydrogen (secondary N) is 1. The largest absolute Gasteiger partial charge is 0.433 e. The van der Waals surface area contributed by atoms with Crippen molar-refractivity contribution < 1.29 is 21.6 Å². The van der Waals surface area contributed by atoms with Crippen LogP contribution >= 0.6 is 0 Å². The van der Waals surface area contributed by atoms with Crippen molar-refractivity contribution in [3.63, 3.8) is 0 Å². The fourth-order valence-corrected chi connectivity index (χ4v) is 5.46. The normalized spacial score (nSPS) is 16.3. The van der Waals surface area contributed by atoms with Crippen LogP contribution < -0.4 is 9.62 Å². The molecule has 8 nitrogen and oxygen atoms in total. The molecule has 0 bridgehead atoms. The van der Waals surface area contributed by atoms with Crippen LogP contribution in [0.1, 0.15) is 42.7 Å². The molecule has 1 N–H and O–H groups in total. The van der Waals surface area contributed by atoms with E-state index in [0.29, 0.717) is 43.9 Å². The Morgan fingerprint density at radius 3 is 2.33 bits per heavy atom. The first-order valence-electron chi connectivity index (χ1n) is 9.66. The van der Waals surface area contributed by atoms with Gasteiger partial charge in [0.05, 0.1) is 11.4 Å². The number of rotatable bonds is 5. The second-order valence-corrected chi connectivity index (χ2v) is 9.01. The van der Waals surface area contributed by atoms with Gasteiger partial charge in [-0.3, -0.25) is 4.68 Å². The van der Waals surface area contributed by atoms with E-state index in [2.05, 4.69) is 19.8 Å². The van der Waals surface area contributed by atoms with Gasteiger partial charge >= 0.3 is 6.18 Å². The number of piperidine rings is 1. The molecule has 0 aromatic carbocycles. The number of aromatic nitrogens is 4. The van der Waals surface area contributed by atoms with E-state index in [9.17, 15) is 21.6 Å². The van der Waals surface area contributed by atoms with Crippen LogP contribution in [0.4, 0.5) is 19.0 Å². The Labute approximate surface area is 173 Å². The summed E-state index contributed by atoms with van der Waals surface area (Å²) in [6, 6.07) is 0.614. The first-order valence-corrected chi connectivity index (χ1v) is 11.1. The van der Waals surface area contributed by atoms with Gasteiger partial charge in [-0.2, -0.15) is 18.3 Å². The van der Waals surface area contributed by atoms with Gasteiger partial charge in [0.15, 0.2) is 0 Å². The minimum absolute atomic E-state index is 0.0431. The molecule has 30 heavy (non-hydrogen) atoms. The van der Waals surface area contributed by atoms with Crippen molar-refractivity contribution >= 4 is 15.8 Å². The summed E-state index contributed by atoms with van der Waals surface area (Å²) in [6.07, 6.45) is -3.65. The van der Waals surface area contributed by atoms with Gasteiger partial charge in [-0.1, -0.05) is 0 Å². The second kappa shape index (κ2) is 8.14. The molecule has 0 amide bonds. The van der Waals surface area contributed by atoms with E-state index in [1.54, 1.807) is 23.4 Å². The molecule has 2 aromatic heterocycles. The highest BCUT2D eigenvalue weighted by molar-refractivity contribution is 7.89. The van der Waals surface area contributed by atoms with Crippen LogP contribution in [0, 0.1) is 20.8 Å². The maximum Gasteiger partial charge on any atom is 0.433 e. The van der Waals surface area contributed by atoms with Gasteiger partial charge in [-0.15, -0.1) is 0 Å². The summed E-state index contributed by atoms with van der Waals surface area (Å²) in [5.41, 5.74) is 0.0400. The zero-order valence-corrected chi connectivity index (χ0v) is 18.1. The number of aryl methyl sites for hydroxylation is 3. The lowest BCUT2D eigenvalue weighted by atomic mass is 10.1. The molecule has 2 aromatic rings. The van der Waals surface area contributed by atoms with Gasteiger partial charge in [-0.25, -0.2) is 23.1 Å². The molecule has 1 fully saturated rings. The first-order chi connectivity index (χ1) is 13.9. The van der Waals surface area contributed by atoms with Crippen LogP contribution in [-0.2, 0) is 22.7 Å². The van der Waals surface area contributed by atoms with Crippen molar-refractivity contribution in [1.29, 1.82) is 0 Å². The molecule has 1 aliphatic heterocycles. The Balaban J connectivity index is 1.71. The van der Waals surface area contributed by atoms with Crippen molar-refractivity contribution in [2.45, 2.75) is 64.2 Å². The average molecular weight is 446 g/mol. The molecule has 0 radical (unpaired) electrons. The first kappa shape index (κ1) is 22.5. The summed E-state index contributed by atoms with van der Waals surface area (Å²) >= 11 is 0. The molecule has 166 valence electrons. The summed E-state index contributed by atoms with van der Waals surface area (Å²) in [5.74, 6) is 0.244. The molecule has 0 spiro atoms. The molecule has 0 atom stereocenters. The minimum atomic E-state index is -4.55. The van der Waals surface area contributed by atoms with Crippen LogP contribution in [0.15, 0.2) is 11.0 Å². The number of halogens is 3.